The molecule has 2 N–H and O–H groups in total. The highest BCUT2D eigenvalue weighted by Gasteiger charge is 2.54. The van der Waals surface area contributed by atoms with E-state index in [0.29, 0.717) is 5.57 Å². The van der Waals surface area contributed by atoms with E-state index in [-0.39, 0.29) is 11.6 Å². The van der Waals surface area contributed by atoms with Gasteiger partial charge in [0.1, 0.15) is 0 Å². The fraction of sp³-hybridized carbons (Fsp3) is 0.562. The molecule has 1 aromatic rings. The average Bonchev–Trinajstić information content (AvgIpc) is 2.43. The number of nitriles is 1. The molecule has 1 heterocycles. The molecule has 0 aliphatic heterocycles. The van der Waals surface area contributed by atoms with E-state index in [2.05, 4.69) is 16.0 Å². The Morgan fingerprint density at radius 1 is 1.48 bits per heavy atom. The number of hydrogen-bond donors (Lipinski definition) is 2. The molecule has 1 aromatic heterocycles. The SMILES string of the molecule is CC1(C)C(O)C(C#N)=C[C@]2(C)c3[nH]c(=O)ncc3CC[C@@H]12. The van der Waals surface area contributed by atoms with Gasteiger partial charge in [0, 0.05) is 17.3 Å². The highest BCUT2D eigenvalue weighted by molar-refractivity contribution is 5.44. The van der Waals surface area contributed by atoms with Gasteiger partial charge >= 0.3 is 5.69 Å². The van der Waals surface area contributed by atoms with Crippen LogP contribution < -0.4 is 5.69 Å². The largest absolute Gasteiger partial charge is 0.387 e. The van der Waals surface area contributed by atoms with Gasteiger partial charge < -0.3 is 10.1 Å². The molecule has 2 aliphatic carbocycles. The highest BCUT2D eigenvalue weighted by atomic mass is 16.3. The summed E-state index contributed by atoms with van der Waals surface area (Å²) in [7, 11) is 0. The monoisotopic (exact) mass is 285 g/mol. The lowest BCUT2D eigenvalue weighted by Gasteiger charge is -2.53. The van der Waals surface area contributed by atoms with E-state index in [9.17, 15) is 15.2 Å². The number of aliphatic hydroxyl groups excluding tert-OH is 1. The molecule has 0 amide bonds. The summed E-state index contributed by atoms with van der Waals surface area (Å²) in [5.41, 5.74) is 0.992. The lowest BCUT2D eigenvalue weighted by Crippen LogP contribution is -2.53. The van der Waals surface area contributed by atoms with E-state index in [1.165, 1.54) is 0 Å². The van der Waals surface area contributed by atoms with Crippen molar-refractivity contribution in [3.63, 3.8) is 0 Å². The average molecular weight is 285 g/mol. The fourth-order valence-electron chi connectivity index (χ4n) is 4.27. The second kappa shape index (κ2) is 4.28. The van der Waals surface area contributed by atoms with Crippen molar-refractivity contribution in [1.82, 2.24) is 9.97 Å². The van der Waals surface area contributed by atoms with Gasteiger partial charge in [-0.3, -0.25) is 0 Å². The fourth-order valence-corrected chi connectivity index (χ4v) is 4.27. The van der Waals surface area contributed by atoms with Gasteiger partial charge in [0.25, 0.3) is 0 Å². The summed E-state index contributed by atoms with van der Waals surface area (Å²) in [6.45, 7) is 6.03. The minimum atomic E-state index is -0.768. The van der Waals surface area contributed by atoms with Gasteiger partial charge in [-0.05, 0) is 29.7 Å². The Hall–Kier alpha value is -1.93. The number of aromatic nitrogens is 2. The van der Waals surface area contributed by atoms with Gasteiger partial charge in [-0.25, -0.2) is 9.78 Å². The highest BCUT2D eigenvalue weighted by Crippen LogP contribution is 2.55. The van der Waals surface area contributed by atoms with Crippen LogP contribution in [0.5, 0.6) is 0 Å². The summed E-state index contributed by atoms with van der Waals surface area (Å²) in [6, 6.07) is 2.12. The molecule has 5 heteroatoms. The zero-order valence-electron chi connectivity index (χ0n) is 12.5. The second-order valence-corrected chi connectivity index (χ2v) is 6.90. The molecule has 3 rings (SSSR count). The minimum Gasteiger partial charge on any atom is -0.387 e. The van der Waals surface area contributed by atoms with Crippen LogP contribution in [0.4, 0.5) is 0 Å². The van der Waals surface area contributed by atoms with Crippen molar-refractivity contribution in [2.45, 2.75) is 45.1 Å². The van der Waals surface area contributed by atoms with Crippen LogP contribution >= 0.6 is 0 Å². The molecule has 0 saturated heterocycles. The number of aromatic amines is 1. The molecular weight excluding hydrogens is 266 g/mol. The number of H-pyrrole nitrogens is 1. The quantitative estimate of drug-likeness (QED) is 0.754. The lowest BCUT2D eigenvalue weighted by atomic mass is 9.52. The van der Waals surface area contributed by atoms with Gasteiger partial charge in [-0.2, -0.15) is 5.26 Å². The van der Waals surface area contributed by atoms with E-state index >= 15 is 0 Å². The van der Waals surface area contributed by atoms with Crippen LogP contribution in [0.1, 0.15) is 38.4 Å². The first kappa shape index (κ1) is 14.0. The first-order valence-corrected chi connectivity index (χ1v) is 7.20. The molecule has 3 atom stereocenters. The van der Waals surface area contributed by atoms with Crippen LogP contribution in [0.25, 0.3) is 0 Å². The molecule has 110 valence electrons. The third-order valence-electron chi connectivity index (χ3n) is 5.34. The Morgan fingerprint density at radius 2 is 2.19 bits per heavy atom. The normalized spacial score (nSPS) is 33.4. The van der Waals surface area contributed by atoms with Crippen LogP contribution in [0.15, 0.2) is 22.6 Å². The minimum absolute atomic E-state index is 0.155. The summed E-state index contributed by atoms with van der Waals surface area (Å²) in [5, 5.41) is 19.8. The van der Waals surface area contributed by atoms with E-state index in [0.717, 1.165) is 24.1 Å². The standard InChI is InChI=1S/C16H19N3O2/c1-15(2)11-5-4-9-8-18-14(21)19-12(9)16(11,3)6-10(7-17)13(15)20/h6,8,11,13,20H,4-5H2,1-3H3,(H,18,19,21)/t11-,13?,16-/m0/s1. The number of fused-ring (bicyclic) bond motifs is 3. The van der Waals surface area contributed by atoms with Crippen molar-refractivity contribution in [1.29, 1.82) is 5.26 Å². The number of hydrogen-bond acceptors (Lipinski definition) is 4. The van der Waals surface area contributed by atoms with Crippen molar-refractivity contribution < 1.29 is 5.11 Å². The lowest BCUT2D eigenvalue weighted by molar-refractivity contribution is -0.0105. The Bertz CT molecular complexity index is 726. The smallest absolute Gasteiger partial charge is 0.345 e. The van der Waals surface area contributed by atoms with Crippen LogP contribution in [-0.2, 0) is 11.8 Å². The molecule has 0 saturated carbocycles. The third kappa shape index (κ3) is 1.79. The molecule has 1 unspecified atom stereocenters. The first-order chi connectivity index (χ1) is 9.80. The maximum atomic E-state index is 11.6. The number of nitrogens with zero attached hydrogens (tertiary/aromatic N) is 2. The Morgan fingerprint density at radius 3 is 2.86 bits per heavy atom. The number of nitrogens with one attached hydrogen (secondary N) is 1. The van der Waals surface area contributed by atoms with Gasteiger partial charge in [0.2, 0.25) is 0 Å². The zero-order valence-corrected chi connectivity index (χ0v) is 12.5. The van der Waals surface area contributed by atoms with Crippen LogP contribution in [0, 0.1) is 22.7 Å². The zero-order chi connectivity index (χ0) is 15.4. The van der Waals surface area contributed by atoms with Crippen molar-refractivity contribution in [2.75, 3.05) is 0 Å². The molecule has 5 nitrogen and oxygen atoms in total. The maximum absolute atomic E-state index is 11.6. The summed E-state index contributed by atoms with van der Waals surface area (Å²) in [4.78, 5) is 18.3. The maximum Gasteiger partial charge on any atom is 0.345 e. The predicted molar refractivity (Wildman–Crippen MR) is 77.5 cm³/mol. The Balaban J connectivity index is 2.30. The van der Waals surface area contributed by atoms with E-state index in [4.69, 9.17) is 0 Å². The summed E-state index contributed by atoms with van der Waals surface area (Å²) >= 11 is 0. The molecule has 0 bridgehead atoms. The van der Waals surface area contributed by atoms with E-state index in [1.54, 1.807) is 6.20 Å². The molecular formula is C16H19N3O2. The summed E-state index contributed by atoms with van der Waals surface area (Å²) < 4.78 is 0. The molecule has 2 aliphatic rings. The topological polar surface area (TPSA) is 89.8 Å². The van der Waals surface area contributed by atoms with Gasteiger partial charge in [0.05, 0.1) is 17.7 Å². The molecule has 0 radical (unpaired) electrons. The summed E-state index contributed by atoms with van der Waals surface area (Å²) in [5.74, 6) is 0.155. The van der Waals surface area contributed by atoms with Gasteiger partial charge in [-0.1, -0.05) is 26.8 Å². The van der Waals surface area contributed by atoms with Gasteiger partial charge in [0.15, 0.2) is 0 Å². The van der Waals surface area contributed by atoms with Crippen molar-refractivity contribution in [3.8, 4) is 6.07 Å². The number of rotatable bonds is 0. The van der Waals surface area contributed by atoms with Gasteiger partial charge in [-0.15, -0.1) is 0 Å². The van der Waals surface area contributed by atoms with E-state index in [1.807, 2.05) is 26.8 Å². The van der Waals surface area contributed by atoms with E-state index < -0.39 is 16.9 Å². The number of aryl methyl sites for hydroxylation is 1. The second-order valence-electron chi connectivity index (χ2n) is 6.90. The van der Waals surface area contributed by atoms with Crippen LogP contribution in [-0.4, -0.2) is 21.2 Å². The Labute approximate surface area is 123 Å². The number of allylic oxidation sites excluding steroid dienone is 1. The predicted octanol–water partition coefficient (Wildman–Crippen LogP) is 1.44. The first-order valence-electron chi connectivity index (χ1n) is 7.20. The van der Waals surface area contributed by atoms with Crippen molar-refractivity contribution in [3.05, 3.63) is 39.6 Å². The van der Waals surface area contributed by atoms with Crippen molar-refractivity contribution >= 4 is 0 Å². The molecule has 0 aromatic carbocycles. The van der Waals surface area contributed by atoms with Crippen LogP contribution in [0.3, 0.4) is 0 Å². The van der Waals surface area contributed by atoms with Crippen LogP contribution in [0.2, 0.25) is 0 Å². The van der Waals surface area contributed by atoms with Crippen molar-refractivity contribution in [2.24, 2.45) is 11.3 Å². The third-order valence-corrected chi connectivity index (χ3v) is 5.34. The summed E-state index contributed by atoms with van der Waals surface area (Å²) in [6.07, 6.45) is 4.42. The molecule has 0 spiro atoms. The molecule has 0 fully saturated rings. The Kier molecular flexibility index (Phi) is 2.86. The molecule has 21 heavy (non-hydrogen) atoms. The number of aliphatic hydroxyl groups is 1.